The highest BCUT2D eigenvalue weighted by atomic mass is 32.2. The van der Waals surface area contributed by atoms with Crippen LogP contribution >= 0.6 is 0 Å². The van der Waals surface area contributed by atoms with Gasteiger partial charge >= 0.3 is 10.1 Å². The van der Waals surface area contributed by atoms with E-state index in [1.165, 1.54) is 25.3 Å². The number of ether oxygens (including phenoxy) is 1. The highest BCUT2D eigenvalue weighted by Gasteiger charge is 2.27. The van der Waals surface area contributed by atoms with Gasteiger partial charge in [-0.1, -0.05) is 18.2 Å². The van der Waals surface area contributed by atoms with Crippen LogP contribution in [0.15, 0.2) is 47.4 Å². The van der Waals surface area contributed by atoms with E-state index in [0.29, 0.717) is 0 Å². The van der Waals surface area contributed by atoms with Gasteiger partial charge in [0.1, 0.15) is 11.6 Å². The van der Waals surface area contributed by atoms with Gasteiger partial charge in [0, 0.05) is 0 Å². The fraction of sp³-hybridized carbons (Fsp3) is 0.0769. The summed E-state index contributed by atoms with van der Waals surface area (Å²) in [5.41, 5.74) is 0. The number of hydrogen-bond donors (Lipinski definition) is 0. The van der Waals surface area contributed by atoms with Crippen molar-refractivity contribution in [2.45, 2.75) is 4.90 Å². The van der Waals surface area contributed by atoms with E-state index in [2.05, 4.69) is 0 Å². The number of halogens is 2. The first kappa shape index (κ1) is 14.3. The lowest BCUT2D eigenvalue weighted by Gasteiger charge is -2.11. The molecule has 0 fully saturated rings. The van der Waals surface area contributed by atoms with Crippen LogP contribution in [0.2, 0.25) is 0 Å². The molecule has 2 rings (SSSR count). The van der Waals surface area contributed by atoms with Gasteiger partial charge in [-0.25, -0.2) is 8.78 Å². The van der Waals surface area contributed by atoms with Crippen LogP contribution in [-0.2, 0) is 10.1 Å². The molecule has 7 heteroatoms. The van der Waals surface area contributed by atoms with E-state index in [-0.39, 0.29) is 11.5 Å². The van der Waals surface area contributed by atoms with Crippen molar-refractivity contribution >= 4 is 10.1 Å². The third-order valence-corrected chi connectivity index (χ3v) is 3.73. The van der Waals surface area contributed by atoms with Crippen LogP contribution in [0.4, 0.5) is 8.78 Å². The van der Waals surface area contributed by atoms with Gasteiger partial charge in [-0.3, -0.25) is 0 Å². The van der Waals surface area contributed by atoms with Crippen molar-refractivity contribution in [2.24, 2.45) is 0 Å². The lowest BCUT2D eigenvalue weighted by Crippen LogP contribution is -2.14. The second kappa shape index (κ2) is 5.46. The average molecular weight is 300 g/mol. The maximum absolute atomic E-state index is 13.5. The van der Waals surface area contributed by atoms with Crippen LogP contribution in [0.3, 0.4) is 0 Å². The van der Waals surface area contributed by atoms with Crippen LogP contribution in [0.25, 0.3) is 0 Å². The van der Waals surface area contributed by atoms with E-state index in [4.69, 9.17) is 8.92 Å². The third kappa shape index (κ3) is 2.72. The number of methoxy groups -OCH3 is 1. The minimum atomic E-state index is -4.64. The van der Waals surface area contributed by atoms with Gasteiger partial charge in [0.2, 0.25) is 0 Å². The Labute approximate surface area is 114 Å². The molecule has 0 heterocycles. The van der Waals surface area contributed by atoms with Gasteiger partial charge in [-0.2, -0.15) is 8.42 Å². The van der Waals surface area contributed by atoms with E-state index in [1.54, 1.807) is 6.07 Å². The molecule has 20 heavy (non-hydrogen) atoms. The molecule has 0 amide bonds. The first-order valence-corrected chi connectivity index (χ1v) is 6.88. The largest absolute Gasteiger partial charge is 0.493 e. The molecule has 0 spiro atoms. The molecule has 0 saturated carbocycles. The third-order valence-electron chi connectivity index (χ3n) is 2.44. The predicted molar refractivity (Wildman–Crippen MR) is 67.2 cm³/mol. The number of rotatable bonds is 4. The Morgan fingerprint density at radius 3 is 2.00 bits per heavy atom. The second-order valence-corrected chi connectivity index (χ2v) is 5.22. The van der Waals surface area contributed by atoms with Gasteiger partial charge in [-0.15, -0.1) is 0 Å². The predicted octanol–water partition coefficient (Wildman–Crippen LogP) is 2.74. The summed E-state index contributed by atoms with van der Waals surface area (Å²) in [5, 5.41) is 0. The number of para-hydroxylation sites is 2. The fourth-order valence-corrected chi connectivity index (χ4v) is 2.64. The smallest absolute Gasteiger partial charge is 0.345 e. The fourth-order valence-electron chi connectivity index (χ4n) is 1.57. The van der Waals surface area contributed by atoms with Crippen LogP contribution in [0.5, 0.6) is 11.5 Å². The molecule has 0 unspecified atom stereocenters. The molecule has 0 bridgehead atoms. The standard InChI is InChI=1S/C13H10F2O4S/c1-18-11-7-2-3-8-12(11)19-20(16,17)13-9(14)5-4-6-10(13)15/h2-8H,1H3. The molecule has 0 N–H and O–H groups in total. The lowest BCUT2D eigenvalue weighted by molar-refractivity contribution is 0.388. The van der Waals surface area contributed by atoms with E-state index in [9.17, 15) is 17.2 Å². The van der Waals surface area contributed by atoms with E-state index in [0.717, 1.165) is 18.2 Å². The van der Waals surface area contributed by atoms with Gasteiger partial charge in [0.25, 0.3) is 0 Å². The Morgan fingerprint density at radius 1 is 0.900 bits per heavy atom. The zero-order valence-electron chi connectivity index (χ0n) is 10.3. The molecule has 4 nitrogen and oxygen atoms in total. The van der Waals surface area contributed by atoms with Crippen molar-refractivity contribution in [3.63, 3.8) is 0 Å². The molecule has 0 aliphatic rings. The van der Waals surface area contributed by atoms with Gasteiger partial charge < -0.3 is 8.92 Å². The molecule has 0 aliphatic heterocycles. The first-order valence-electron chi connectivity index (χ1n) is 5.47. The minimum Gasteiger partial charge on any atom is -0.493 e. The normalized spacial score (nSPS) is 11.2. The molecular weight excluding hydrogens is 290 g/mol. The maximum Gasteiger partial charge on any atom is 0.345 e. The summed E-state index contributed by atoms with van der Waals surface area (Å²) in [6.07, 6.45) is 0. The summed E-state index contributed by atoms with van der Waals surface area (Å²) >= 11 is 0. The Kier molecular flexibility index (Phi) is 3.89. The van der Waals surface area contributed by atoms with Crippen molar-refractivity contribution in [3.05, 3.63) is 54.1 Å². The molecule has 2 aromatic rings. The number of hydrogen-bond acceptors (Lipinski definition) is 4. The molecule has 0 saturated heterocycles. The first-order chi connectivity index (χ1) is 9.45. The minimum absolute atomic E-state index is 0.132. The van der Waals surface area contributed by atoms with Crippen molar-refractivity contribution < 1.29 is 26.1 Å². The summed E-state index contributed by atoms with van der Waals surface area (Å²) in [5.74, 6) is -2.47. The molecular formula is C13H10F2O4S. The monoisotopic (exact) mass is 300 g/mol. The zero-order chi connectivity index (χ0) is 14.8. The zero-order valence-corrected chi connectivity index (χ0v) is 11.2. The van der Waals surface area contributed by atoms with Crippen molar-refractivity contribution in [1.82, 2.24) is 0 Å². The summed E-state index contributed by atoms with van der Waals surface area (Å²) < 4.78 is 60.6. The van der Waals surface area contributed by atoms with Crippen LogP contribution in [0.1, 0.15) is 0 Å². The highest BCUT2D eigenvalue weighted by molar-refractivity contribution is 7.87. The Hall–Kier alpha value is -2.15. The molecule has 0 radical (unpaired) electrons. The van der Waals surface area contributed by atoms with Crippen molar-refractivity contribution in [1.29, 1.82) is 0 Å². The van der Waals surface area contributed by atoms with Crippen LogP contribution in [0, 0.1) is 11.6 Å². The quantitative estimate of drug-likeness (QED) is 0.815. The summed E-state index contributed by atoms with van der Waals surface area (Å²) in [6, 6.07) is 8.61. The maximum atomic E-state index is 13.5. The Balaban J connectivity index is 2.47. The summed E-state index contributed by atoms with van der Waals surface area (Å²) in [4.78, 5) is -1.13. The highest BCUT2D eigenvalue weighted by Crippen LogP contribution is 2.30. The van der Waals surface area contributed by atoms with Crippen molar-refractivity contribution in [3.8, 4) is 11.5 Å². The Morgan fingerprint density at radius 2 is 1.45 bits per heavy atom. The topological polar surface area (TPSA) is 52.6 Å². The molecule has 0 atom stereocenters. The average Bonchev–Trinajstić information content (AvgIpc) is 2.38. The molecule has 0 aromatic heterocycles. The van der Waals surface area contributed by atoms with E-state index < -0.39 is 26.6 Å². The van der Waals surface area contributed by atoms with Gasteiger partial charge in [0.05, 0.1) is 7.11 Å². The molecule has 2 aromatic carbocycles. The number of benzene rings is 2. The van der Waals surface area contributed by atoms with E-state index >= 15 is 0 Å². The second-order valence-electron chi connectivity index (χ2n) is 3.74. The summed E-state index contributed by atoms with van der Waals surface area (Å²) in [6.45, 7) is 0. The Bertz CT molecular complexity index is 709. The van der Waals surface area contributed by atoms with E-state index in [1.807, 2.05) is 0 Å². The summed E-state index contributed by atoms with van der Waals surface area (Å²) in [7, 11) is -3.32. The van der Waals surface area contributed by atoms with Crippen molar-refractivity contribution in [2.75, 3.05) is 7.11 Å². The van der Waals surface area contributed by atoms with Gasteiger partial charge in [-0.05, 0) is 24.3 Å². The van der Waals surface area contributed by atoms with Crippen LogP contribution < -0.4 is 8.92 Å². The molecule has 0 aliphatic carbocycles. The lowest BCUT2D eigenvalue weighted by atomic mass is 10.3. The van der Waals surface area contributed by atoms with Gasteiger partial charge in [0.15, 0.2) is 16.4 Å². The van der Waals surface area contributed by atoms with Crippen LogP contribution in [-0.4, -0.2) is 15.5 Å². The molecule has 106 valence electrons. The SMILES string of the molecule is COc1ccccc1OS(=O)(=O)c1c(F)cccc1F.